The van der Waals surface area contributed by atoms with E-state index in [4.69, 9.17) is 10.00 Å². The number of halogens is 1. The van der Waals surface area contributed by atoms with Crippen LogP contribution in [0.25, 0.3) is 5.52 Å². The van der Waals surface area contributed by atoms with E-state index in [1.807, 2.05) is 6.92 Å². The van der Waals surface area contributed by atoms with Gasteiger partial charge >= 0.3 is 0 Å². The van der Waals surface area contributed by atoms with Gasteiger partial charge in [0.05, 0.1) is 18.1 Å². The maximum Gasteiger partial charge on any atom is 0.147 e. The molecule has 0 saturated carbocycles. The second-order valence-corrected chi connectivity index (χ2v) is 4.50. The van der Waals surface area contributed by atoms with Crippen molar-refractivity contribution >= 4 is 5.52 Å². The zero-order valence-electron chi connectivity index (χ0n) is 11.2. The highest BCUT2D eigenvalue weighted by Crippen LogP contribution is 2.27. The average molecular weight is 282 g/mol. The van der Waals surface area contributed by atoms with E-state index >= 15 is 0 Å². The maximum absolute atomic E-state index is 12.9. The van der Waals surface area contributed by atoms with Gasteiger partial charge in [-0.05, 0) is 31.2 Å². The van der Waals surface area contributed by atoms with Gasteiger partial charge in [0.15, 0.2) is 0 Å². The molecule has 0 N–H and O–H groups in total. The zero-order chi connectivity index (χ0) is 14.8. The fraction of sp³-hybridized carbons (Fsp3) is 0.133. The molecule has 5 nitrogen and oxygen atoms in total. The van der Waals surface area contributed by atoms with Crippen LogP contribution in [0.5, 0.6) is 5.75 Å². The second kappa shape index (κ2) is 5.21. The lowest BCUT2D eigenvalue weighted by molar-refractivity contribution is 0.223. The summed E-state index contributed by atoms with van der Waals surface area (Å²) in [5, 5.41) is 13.2. The van der Waals surface area contributed by atoms with Crippen molar-refractivity contribution in [3.05, 3.63) is 59.9 Å². The van der Waals surface area contributed by atoms with Crippen molar-refractivity contribution in [1.82, 2.24) is 14.6 Å². The first-order valence-electron chi connectivity index (χ1n) is 6.33. The van der Waals surface area contributed by atoms with Gasteiger partial charge in [0.2, 0.25) is 0 Å². The summed E-state index contributed by atoms with van der Waals surface area (Å²) in [5.41, 5.74) is 1.65. The van der Waals surface area contributed by atoms with E-state index in [0.717, 1.165) is 6.20 Å². The quantitative estimate of drug-likeness (QED) is 0.741. The van der Waals surface area contributed by atoms with Crippen LogP contribution in [0.1, 0.15) is 24.3 Å². The van der Waals surface area contributed by atoms with E-state index in [1.165, 1.54) is 12.3 Å². The fourth-order valence-corrected chi connectivity index (χ4v) is 2.07. The van der Waals surface area contributed by atoms with Crippen LogP contribution in [-0.2, 0) is 0 Å². The standard InChI is InChI=1S/C15H11FN4O/c1-10(13-5-4-12(16)9-18-13)21-14-3-2-6-20-15(14)11(7-17)8-19-20/h2-6,8-10H,1H3/t10-/m1/s1. The Balaban J connectivity index is 1.96. The highest BCUT2D eigenvalue weighted by atomic mass is 19.1. The number of ether oxygens (including phenoxy) is 1. The summed E-state index contributed by atoms with van der Waals surface area (Å²) >= 11 is 0. The average Bonchev–Trinajstić information content (AvgIpc) is 2.92. The molecule has 0 bridgehead atoms. The highest BCUT2D eigenvalue weighted by molar-refractivity contribution is 5.68. The largest absolute Gasteiger partial charge is 0.482 e. The minimum atomic E-state index is -0.393. The van der Waals surface area contributed by atoms with Crippen molar-refractivity contribution in [2.24, 2.45) is 0 Å². The van der Waals surface area contributed by atoms with Crippen molar-refractivity contribution in [3.63, 3.8) is 0 Å². The predicted octanol–water partition coefficient (Wildman–Crippen LogP) is 2.88. The van der Waals surface area contributed by atoms with Gasteiger partial charge in [-0.1, -0.05) is 0 Å². The first-order valence-corrected chi connectivity index (χ1v) is 6.33. The number of hydrogen-bond acceptors (Lipinski definition) is 4. The molecule has 0 radical (unpaired) electrons. The third kappa shape index (κ3) is 2.41. The lowest BCUT2D eigenvalue weighted by Crippen LogP contribution is -2.06. The maximum atomic E-state index is 12.9. The van der Waals surface area contributed by atoms with E-state index in [-0.39, 0.29) is 6.10 Å². The summed E-state index contributed by atoms with van der Waals surface area (Å²) in [5.74, 6) is 0.140. The van der Waals surface area contributed by atoms with Gasteiger partial charge in [-0.25, -0.2) is 8.91 Å². The number of nitrogens with zero attached hydrogens (tertiary/aromatic N) is 4. The van der Waals surface area contributed by atoms with Gasteiger partial charge in [-0.2, -0.15) is 10.4 Å². The molecular formula is C15H11FN4O. The van der Waals surface area contributed by atoms with E-state index in [9.17, 15) is 4.39 Å². The Morgan fingerprint density at radius 3 is 2.90 bits per heavy atom. The smallest absolute Gasteiger partial charge is 0.147 e. The van der Waals surface area contributed by atoms with E-state index in [2.05, 4.69) is 16.2 Å². The molecule has 3 rings (SSSR count). The number of nitriles is 1. The molecule has 0 aromatic carbocycles. The lowest BCUT2D eigenvalue weighted by atomic mass is 10.2. The van der Waals surface area contributed by atoms with E-state index < -0.39 is 5.82 Å². The van der Waals surface area contributed by atoms with Crippen LogP contribution >= 0.6 is 0 Å². The van der Waals surface area contributed by atoms with Crippen LogP contribution in [0.15, 0.2) is 42.9 Å². The van der Waals surface area contributed by atoms with Gasteiger partial charge < -0.3 is 4.74 Å². The summed E-state index contributed by atoms with van der Waals surface area (Å²) in [6.45, 7) is 1.81. The Kier molecular flexibility index (Phi) is 3.24. The molecule has 0 unspecified atom stereocenters. The van der Waals surface area contributed by atoms with E-state index in [0.29, 0.717) is 22.5 Å². The number of hydrogen-bond donors (Lipinski definition) is 0. The minimum Gasteiger partial charge on any atom is -0.482 e. The normalized spacial score (nSPS) is 12.0. The van der Waals surface area contributed by atoms with Crippen molar-refractivity contribution in [3.8, 4) is 11.8 Å². The topological polar surface area (TPSA) is 63.2 Å². The molecule has 0 aliphatic heterocycles. The van der Waals surface area contributed by atoms with Gasteiger partial charge in [-0.3, -0.25) is 4.98 Å². The van der Waals surface area contributed by atoms with Crippen molar-refractivity contribution < 1.29 is 9.13 Å². The number of pyridine rings is 2. The molecule has 0 saturated heterocycles. The fourth-order valence-electron chi connectivity index (χ4n) is 2.07. The number of rotatable bonds is 3. The summed E-state index contributed by atoms with van der Waals surface area (Å²) < 4.78 is 20.3. The highest BCUT2D eigenvalue weighted by Gasteiger charge is 2.14. The molecule has 104 valence electrons. The minimum absolute atomic E-state index is 0.377. The van der Waals surface area contributed by atoms with E-state index in [1.54, 1.807) is 28.9 Å². The van der Waals surface area contributed by atoms with Crippen molar-refractivity contribution in [2.45, 2.75) is 13.0 Å². The molecule has 0 spiro atoms. The Hall–Kier alpha value is -2.94. The molecule has 0 aliphatic carbocycles. The third-order valence-corrected chi connectivity index (χ3v) is 3.09. The Morgan fingerprint density at radius 2 is 2.19 bits per heavy atom. The molecule has 0 fully saturated rings. The first kappa shape index (κ1) is 13.1. The molecule has 0 aliphatic rings. The summed E-state index contributed by atoms with van der Waals surface area (Å²) in [4.78, 5) is 4.00. The van der Waals surface area contributed by atoms with Crippen LogP contribution in [-0.4, -0.2) is 14.6 Å². The molecular weight excluding hydrogens is 271 g/mol. The molecule has 3 heterocycles. The molecule has 0 amide bonds. The Labute approximate surface area is 120 Å². The summed E-state index contributed by atoms with van der Waals surface area (Å²) in [6.07, 6.45) is 4.00. The first-order chi connectivity index (χ1) is 10.2. The Morgan fingerprint density at radius 1 is 1.33 bits per heavy atom. The molecule has 21 heavy (non-hydrogen) atoms. The monoisotopic (exact) mass is 282 g/mol. The molecule has 3 aromatic rings. The van der Waals surface area contributed by atoms with Gasteiger partial charge in [0.1, 0.15) is 34.8 Å². The van der Waals surface area contributed by atoms with Crippen LogP contribution in [0.4, 0.5) is 4.39 Å². The van der Waals surface area contributed by atoms with Gasteiger partial charge in [0.25, 0.3) is 0 Å². The van der Waals surface area contributed by atoms with Crippen LogP contribution in [0, 0.1) is 17.1 Å². The SMILES string of the molecule is C[C@@H](Oc1cccn2ncc(C#N)c12)c1ccc(F)cn1. The van der Waals surface area contributed by atoms with Gasteiger partial charge in [0, 0.05) is 6.20 Å². The van der Waals surface area contributed by atoms with Crippen LogP contribution < -0.4 is 4.74 Å². The molecule has 3 aromatic heterocycles. The Bertz CT molecular complexity index is 820. The van der Waals surface area contributed by atoms with Crippen molar-refractivity contribution in [1.29, 1.82) is 5.26 Å². The number of aromatic nitrogens is 3. The molecule has 6 heteroatoms. The second-order valence-electron chi connectivity index (χ2n) is 4.50. The zero-order valence-corrected chi connectivity index (χ0v) is 11.2. The summed E-state index contributed by atoms with van der Waals surface area (Å²) in [7, 11) is 0. The van der Waals surface area contributed by atoms with Crippen molar-refractivity contribution in [2.75, 3.05) is 0 Å². The van der Waals surface area contributed by atoms with Gasteiger partial charge in [-0.15, -0.1) is 0 Å². The molecule has 1 atom stereocenters. The number of fused-ring (bicyclic) bond motifs is 1. The lowest BCUT2D eigenvalue weighted by Gasteiger charge is -2.15. The van der Waals surface area contributed by atoms with Crippen LogP contribution in [0.2, 0.25) is 0 Å². The third-order valence-electron chi connectivity index (χ3n) is 3.09. The summed E-state index contributed by atoms with van der Waals surface area (Å²) in [6, 6.07) is 8.53. The predicted molar refractivity (Wildman–Crippen MR) is 73.1 cm³/mol. The van der Waals surface area contributed by atoms with Crippen LogP contribution in [0.3, 0.4) is 0 Å².